The number of nitrogens with two attached hydrogens (primary N) is 1. The van der Waals surface area contributed by atoms with Crippen molar-refractivity contribution in [3.63, 3.8) is 0 Å². The average Bonchev–Trinajstić information content (AvgIpc) is 2.61. The topological polar surface area (TPSA) is 70.1 Å². The first kappa shape index (κ1) is 14.9. The summed E-state index contributed by atoms with van der Waals surface area (Å²) in [4.78, 5) is 12.1. The molecule has 2 N–H and O–H groups in total. The Hall–Kier alpha value is -1.53. The highest BCUT2D eigenvalue weighted by atomic mass is 79.9. The molecule has 1 aromatic heterocycles. The van der Waals surface area contributed by atoms with E-state index in [2.05, 4.69) is 21.0 Å². The second-order valence-electron chi connectivity index (χ2n) is 4.25. The van der Waals surface area contributed by atoms with Crippen LogP contribution in [-0.2, 0) is 18.4 Å². The molecule has 0 radical (unpaired) electrons. The number of aromatic nitrogens is 2. The maximum Gasteiger partial charge on any atom is 0.342 e. The van der Waals surface area contributed by atoms with E-state index in [0.29, 0.717) is 5.69 Å². The molecule has 0 saturated carbocycles. The van der Waals surface area contributed by atoms with Crippen LogP contribution in [-0.4, -0.2) is 15.7 Å². The van der Waals surface area contributed by atoms with Gasteiger partial charge in [0.15, 0.2) is 0 Å². The van der Waals surface area contributed by atoms with Gasteiger partial charge in [-0.25, -0.2) is 4.79 Å². The zero-order chi connectivity index (χ0) is 14.9. The van der Waals surface area contributed by atoms with Gasteiger partial charge >= 0.3 is 5.97 Å². The Morgan fingerprint density at radius 1 is 1.55 bits per heavy atom. The molecule has 2 aromatic rings. The molecule has 0 saturated heterocycles. The third-order valence-electron chi connectivity index (χ3n) is 2.85. The van der Waals surface area contributed by atoms with Crippen molar-refractivity contribution < 1.29 is 9.53 Å². The number of carbonyl (C=O) groups is 1. The van der Waals surface area contributed by atoms with Crippen molar-refractivity contribution >= 4 is 39.2 Å². The number of benzene rings is 1. The average molecular weight is 359 g/mol. The third-order valence-corrected chi connectivity index (χ3v) is 4.20. The van der Waals surface area contributed by atoms with Crippen LogP contribution in [0.25, 0.3) is 0 Å². The van der Waals surface area contributed by atoms with Gasteiger partial charge in [0.25, 0.3) is 0 Å². The van der Waals surface area contributed by atoms with Gasteiger partial charge in [-0.2, -0.15) is 5.10 Å². The fourth-order valence-electron chi connectivity index (χ4n) is 1.80. The monoisotopic (exact) mass is 357 g/mol. The maximum absolute atomic E-state index is 12.1. The van der Waals surface area contributed by atoms with E-state index in [-0.39, 0.29) is 17.2 Å². The van der Waals surface area contributed by atoms with Crippen LogP contribution in [0.15, 0.2) is 22.7 Å². The van der Waals surface area contributed by atoms with Gasteiger partial charge in [-0.1, -0.05) is 17.7 Å². The molecule has 7 heteroatoms. The first-order valence-corrected chi connectivity index (χ1v) is 6.98. The molecule has 0 atom stereocenters. The Labute approximate surface area is 129 Å². The first-order chi connectivity index (χ1) is 9.41. The van der Waals surface area contributed by atoms with E-state index < -0.39 is 5.97 Å². The molecule has 0 fully saturated rings. The van der Waals surface area contributed by atoms with E-state index in [1.165, 1.54) is 0 Å². The lowest BCUT2D eigenvalue weighted by molar-refractivity contribution is 0.0464. The molecule has 2 rings (SSSR count). The zero-order valence-corrected chi connectivity index (χ0v) is 13.3. The molecule has 0 unspecified atom stereocenters. The number of nitrogen functional groups attached to an aromatic ring is 1. The summed E-state index contributed by atoms with van der Waals surface area (Å²) >= 11 is 9.38. The predicted molar refractivity (Wildman–Crippen MR) is 80.6 cm³/mol. The van der Waals surface area contributed by atoms with Gasteiger partial charge in [0.05, 0.1) is 20.9 Å². The number of hydrogen-bond acceptors (Lipinski definition) is 4. The minimum atomic E-state index is -0.557. The summed E-state index contributed by atoms with van der Waals surface area (Å²) in [6, 6.07) is 4.88. The zero-order valence-electron chi connectivity index (χ0n) is 11.0. The molecule has 5 nitrogen and oxygen atoms in total. The highest BCUT2D eigenvalue weighted by molar-refractivity contribution is 9.10. The number of hydrogen-bond donors (Lipinski definition) is 1. The van der Waals surface area contributed by atoms with Crippen LogP contribution in [0.2, 0.25) is 5.02 Å². The van der Waals surface area contributed by atoms with Crippen molar-refractivity contribution in [3.05, 3.63) is 44.6 Å². The molecule has 106 valence electrons. The van der Waals surface area contributed by atoms with E-state index >= 15 is 0 Å². The molecule has 1 aromatic carbocycles. The Morgan fingerprint density at radius 2 is 2.25 bits per heavy atom. The minimum absolute atomic E-state index is 0.0847. The number of esters is 1. The molecule has 1 heterocycles. The first-order valence-electron chi connectivity index (χ1n) is 5.81. The minimum Gasteiger partial charge on any atom is -0.455 e. The summed E-state index contributed by atoms with van der Waals surface area (Å²) in [6.07, 6.45) is 0. The Bertz CT molecular complexity index is 650. The smallest absolute Gasteiger partial charge is 0.342 e. The quantitative estimate of drug-likeness (QED) is 0.676. The van der Waals surface area contributed by atoms with Crippen molar-refractivity contribution in [2.75, 3.05) is 5.73 Å². The summed E-state index contributed by atoms with van der Waals surface area (Å²) in [6.45, 7) is 1.95. The van der Waals surface area contributed by atoms with Crippen LogP contribution in [0.1, 0.15) is 21.7 Å². The molecule has 0 aliphatic carbocycles. The maximum atomic E-state index is 12.1. The number of rotatable bonds is 3. The predicted octanol–water partition coefficient (Wildman–Crippen LogP) is 3.08. The Kier molecular flexibility index (Phi) is 4.35. The Morgan fingerprint density at radius 3 is 2.80 bits per heavy atom. The normalized spacial score (nSPS) is 10.6. The SMILES string of the molecule is Cc1nn(C)c(COC(=O)c2c(N)cccc2Cl)c1Br. The van der Waals surface area contributed by atoms with Crippen LogP contribution in [0, 0.1) is 6.92 Å². The molecule has 0 aliphatic rings. The molecule has 0 bridgehead atoms. The van der Waals surface area contributed by atoms with Crippen LogP contribution in [0.4, 0.5) is 5.69 Å². The van der Waals surface area contributed by atoms with Gasteiger partial charge in [0, 0.05) is 12.7 Å². The van der Waals surface area contributed by atoms with Crippen molar-refractivity contribution in [1.29, 1.82) is 0 Å². The van der Waals surface area contributed by atoms with Crippen LogP contribution >= 0.6 is 27.5 Å². The van der Waals surface area contributed by atoms with Crippen molar-refractivity contribution in [1.82, 2.24) is 9.78 Å². The number of anilines is 1. The summed E-state index contributed by atoms with van der Waals surface area (Å²) in [5, 5.41) is 4.50. The number of carbonyl (C=O) groups excluding carboxylic acids is 1. The lowest BCUT2D eigenvalue weighted by atomic mass is 10.2. The fraction of sp³-hybridized carbons (Fsp3) is 0.231. The summed E-state index contributed by atoms with van der Waals surface area (Å²) in [5.74, 6) is -0.557. The largest absolute Gasteiger partial charge is 0.455 e. The third kappa shape index (κ3) is 2.81. The van der Waals surface area contributed by atoms with E-state index in [9.17, 15) is 4.79 Å². The van der Waals surface area contributed by atoms with E-state index in [1.54, 1.807) is 29.9 Å². The highest BCUT2D eigenvalue weighted by Crippen LogP contribution is 2.25. The van der Waals surface area contributed by atoms with Crippen molar-refractivity contribution in [2.24, 2.45) is 7.05 Å². The molecular formula is C13H13BrClN3O2. The van der Waals surface area contributed by atoms with Gasteiger partial charge in [-0.3, -0.25) is 4.68 Å². The van der Waals surface area contributed by atoms with Gasteiger partial charge in [0.1, 0.15) is 12.2 Å². The molecule has 0 amide bonds. The van der Waals surface area contributed by atoms with Crippen LogP contribution in [0.3, 0.4) is 0 Å². The van der Waals surface area contributed by atoms with E-state index in [0.717, 1.165) is 15.9 Å². The standard InChI is InChI=1S/C13H13BrClN3O2/c1-7-12(14)10(18(2)17-7)6-20-13(19)11-8(15)4-3-5-9(11)16/h3-5H,6,16H2,1-2H3. The van der Waals surface area contributed by atoms with E-state index in [4.69, 9.17) is 22.1 Å². The highest BCUT2D eigenvalue weighted by Gasteiger charge is 2.18. The number of ether oxygens (including phenoxy) is 1. The lowest BCUT2D eigenvalue weighted by Crippen LogP contribution is -2.11. The number of nitrogens with zero attached hydrogens (tertiary/aromatic N) is 2. The summed E-state index contributed by atoms with van der Waals surface area (Å²) in [7, 11) is 1.78. The van der Waals surface area contributed by atoms with Crippen LogP contribution < -0.4 is 5.73 Å². The fourth-order valence-corrected chi connectivity index (χ4v) is 2.51. The second kappa shape index (κ2) is 5.85. The second-order valence-corrected chi connectivity index (χ2v) is 5.45. The molecular weight excluding hydrogens is 346 g/mol. The van der Waals surface area contributed by atoms with Crippen molar-refractivity contribution in [2.45, 2.75) is 13.5 Å². The van der Waals surface area contributed by atoms with Gasteiger partial charge in [0.2, 0.25) is 0 Å². The number of halogens is 2. The molecule has 0 spiro atoms. The summed E-state index contributed by atoms with van der Waals surface area (Å²) in [5.41, 5.74) is 7.82. The number of aryl methyl sites for hydroxylation is 2. The Balaban J connectivity index is 2.17. The van der Waals surface area contributed by atoms with Crippen molar-refractivity contribution in [3.8, 4) is 0 Å². The van der Waals surface area contributed by atoms with Gasteiger partial charge < -0.3 is 10.5 Å². The summed E-state index contributed by atoms with van der Waals surface area (Å²) < 4.78 is 7.73. The van der Waals surface area contributed by atoms with Gasteiger partial charge in [-0.15, -0.1) is 0 Å². The molecule has 0 aliphatic heterocycles. The van der Waals surface area contributed by atoms with Crippen LogP contribution in [0.5, 0.6) is 0 Å². The van der Waals surface area contributed by atoms with Gasteiger partial charge in [-0.05, 0) is 35.0 Å². The lowest BCUT2D eigenvalue weighted by Gasteiger charge is -2.09. The molecule has 20 heavy (non-hydrogen) atoms. The van der Waals surface area contributed by atoms with E-state index in [1.807, 2.05) is 6.92 Å².